The fourth-order valence-corrected chi connectivity index (χ4v) is 1.87. The van der Waals surface area contributed by atoms with Gasteiger partial charge in [0.2, 0.25) is 0 Å². The summed E-state index contributed by atoms with van der Waals surface area (Å²) in [7, 11) is 0. The molecule has 1 saturated heterocycles. The van der Waals surface area contributed by atoms with Gasteiger partial charge < -0.3 is 15.7 Å². The molecule has 19 heavy (non-hydrogen) atoms. The normalized spacial score (nSPS) is 22.8. The number of aliphatic carboxylic acids is 1. The molecular weight excluding hydrogens is 265 g/mol. The van der Waals surface area contributed by atoms with Crippen LogP contribution in [0.5, 0.6) is 0 Å². The lowest BCUT2D eigenvalue weighted by Gasteiger charge is -2.23. The lowest BCUT2D eigenvalue weighted by Crippen LogP contribution is -2.47. The molecule has 1 unspecified atom stereocenters. The van der Waals surface area contributed by atoms with Crippen molar-refractivity contribution in [2.45, 2.75) is 11.7 Å². The Hall–Kier alpha value is -2.25. The van der Waals surface area contributed by atoms with E-state index in [0.29, 0.717) is 0 Å². The summed E-state index contributed by atoms with van der Waals surface area (Å²) in [6.07, 6.45) is -4.49. The maximum atomic E-state index is 12.4. The van der Waals surface area contributed by atoms with E-state index < -0.39 is 29.3 Å². The molecule has 2 rings (SSSR count). The van der Waals surface area contributed by atoms with Gasteiger partial charge in [-0.05, 0) is 17.7 Å². The zero-order valence-corrected chi connectivity index (χ0v) is 9.41. The van der Waals surface area contributed by atoms with Crippen LogP contribution >= 0.6 is 0 Å². The first-order valence-corrected chi connectivity index (χ1v) is 5.23. The van der Waals surface area contributed by atoms with E-state index in [9.17, 15) is 27.9 Å². The minimum atomic E-state index is -4.49. The number of halogens is 3. The van der Waals surface area contributed by atoms with Gasteiger partial charge in [-0.1, -0.05) is 12.1 Å². The van der Waals surface area contributed by atoms with Crippen molar-refractivity contribution >= 4 is 12.0 Å². The maximum Gasteiger partial charge on any atom is 0.416 e. The zero-order valence-electron chi connectivity index (χ0n) is 9.41. The smallest absolute Gasteiger partial charge is 0.416 e. The number of carboxylic acid groups (broad SMARTS) is 1. The van der Waals surface area contributed by atoms with E-state index in [1.165, 1.54) is 0 Å². The number of hydrogen-bond donors (Lipinski definition) is 3. The molecule has 1 aromatic carbocycles. The molecule has 1 aromatic rings. The van der Waals surface area contributed by atoms with E-state index in [-0.39, 0.29) is 12.1 Å². The molecule has 1 heterocycles. The molecule has 3 N–H and O–H groups in total. The summed E-state index contributed by atoms with van der Waals surface area (Å²) >= 11 is 0. The average molecular weight is 274 g/mol. The molecule has 0 bridgehead atoms. The van der Waals surface area contributed by atoms with Crippen LogP contribution in [-0.4, -0.2) is 23.7 Å². The fourth-order valence-electron chi connectivity index (χ4n) is 1.87. The minimum Gasteiger partial charge on any atom is -0.479 e. The van der Waals surface area contributed by atoms with E-state index in [4.69, 9.17) is 0 Å². The molecule has 5 nitrogen and oxygen atoms in total. The second-order valence-electron chi connectivity index (χ2n) is 4.09. The highest BCUT2D eigenvalue weighted by atomic mass is 19.4. The topological polar surface area (TPSA) is 78.4 Å². The molecule has 0 spiro atoms. The van der Waals surface area contributed by atoms with Crippen molar-refractivity contribution < 1.29 is 27.9 Å². The van der Waals surface area contributed by atoms with Gasteiger partial charge >= 0.3 is 18.2 Å². The predicted octanol–water partition coefficient (Wildman–Crippen LogP) is 1.30. The summed E-state index contributed by atoms with van der Waals surface area (Å²) in [6.45, 7) is -0.230. The Balaban J connectivity index is 2.40. The molecule has 1 aliphatic heterocycles. The Bertz CT molecular complexity index is 527. The van der Waals surface area contributed by atoms with E-state index in [2.05, 4.69) is 10.6 Å². The third-order valence-corrected chi connectivity index (χ3v) is 2.91. The average Bonchev–Trinajstić information content (AvgIpc) is 2.72. The summed E-state index contributed by atoms with van der Waals surface area (Å²) in [4.78, 5) is 22.4. The number of urea groups is 1. The third-order valence-electron chi connectivity index (χ3n) is 2.91. The Labute approximate surface area is 105 Å². The molecule has 1 aliphatic rings. The Kier molecular flexibility index (Phi) is 2.88. The highest BCUT2D eigenvalue weighted by Crippen LogP contribution is 2.31. The lowest BCUT2D eigenvalue weighted by atomic mass is 9.90. The van der Waals surface area contributed by atoms with E-state index in [1.54, 1.807) is 0 Å². The Morgan fingerprint density at radius 2 is 1.84 bits per heavy atom. The SMILES string of the molecule is O=C1NCC(C(=O)O)(c2ccc(C(F)(F)F)cc2)N1. The summed E-state index contributed by atoms with van der Waals surface area (Å²) in [6, 6.07) is 2.98. The van der Waals surface area contributed by atoms with Crippen molar-refractivity contribution in [1.29, 1.82) is 0 Å². The largest absolute Gasteiger partial charge is 0.479 e. The van der Waals surface area contributed by atoms with Gasteiger partial charge in [0.25, 0.3) is 0 Å². The maximum absolute atomic E-state index is 12.4. The number of rotatable bonds is 2. The van der Waals surface area contributed by atoms with Crippen molar-refractivity contribution in [2.24, 2.45) is 0 Å². The quantitative estimate of drug-likeness (QED) is 0.760. The van der Waals surface area contributed by atoms with Crippen molar-refractivity contribution in [1.82, 2.24) is 10.6 Å². The number of alkyl halides is 3. The summed E-state index contributed by atoms with van der Waals surface area (Å²) in [5.74, 6) is -1.34. The molecule has 1 atom stereocenters. The molecular formula is C11H9F3N2O3. The number of carbonyl (C=O) groups is 2. The van der Waals surface area contributed by atoms with Gasteiger partial charge in [-0.2, -0.15) is 13.2 Å². The van der Waals surface area contributed by atoms with Crippen molar-refractivity contribution in [3.63, 3.8) is 0 Å². The van der Waals surface area contributed by atoms with Gasteiger partial charge in [0.1, 0.15) is 0 Å². The van der Waals surface area contributed by atoms with Crippen LogP contribution in [0.4, 0.5) is 18.0 Å². The number of carbonyl (C=O) groups excluding carboxylic acids is 1. The van der Waals surface area contributed by atoms with Gasteiger partial charge in [0.05, 0.1) is 12.1 Å². The molecule has 0 aromatic heterocycles. The standard InChI is InChI=1S/C11H9F3N2O3/c12-11(13,14)7-3-1-6(2-4-7)10(8(17)18)5-15-9(19)16-10/h1-4H,5H2,(H,17,18)(H2,15,16,19). The number of nitrogens with one attached hydrogen (secondary N) is 2. The van der Waals surface area contributed by atoms with Crippen LogP contribution in [0.2, 0.25) is 0 Å². The summed E-state index contributed by atoms with van der Waals surface area (Å²) in [5.41, 5.74) is -2.54. The van der Waals surface area contributed by atoms with Crippen molar-refractivity contribution in [2.75, 3.05) is 6.54 Å². The third kappa shape index (κ3) is 2.20. The van der Waals surface area contributed by atoms with Crippen LogP contribution in [0.15, 0.2) is 24.3 Å². The van der Waals surface area contributed by atoms with Gasteiger partial charge in [-0.15, -0.1) is 0 Å². The Morgan fingerprint density at radius 1 is 1.26 bits per heavy atom. The minimum absolute atomic E-state index is 0.0753. The van der Waals surface area contributed by atoms with Crippen molar-refractivity contribution in [3.8, 4) is 0 Å². The molecule has 8 heteroatoms. The second kappa shape index (κ2) is 4.15. The summed E-state index contributed by atoms with van der Waals surface area (Å²) in [5, 5.41) is 13.7. The van der Waals surface area contributed by atoms with Crippen LogP contribution in [0.1, 0.15) is 11.1 Å². The number of benzene rings is 1. The van der Waals surface area contributed by atoms with Gasteiger partial charge in [-0.25, -0.2) is 9.59 Å². The molecule has 2 amide bonds. The Morgan fingerprint density at radius 3 is 2.21 bits per heavy atom. The van der Waals surface area contributed by atoms with E-state index >= 15 is 0 Å². The monoisotopic (exact) mass is 274 g/mol. The second-order valence-corrected chi connectivity index (χ2v) is 4.09. The van der Waals surface area contributed by atoms with Gasteiger partial charge in [-0.3, -0.25) is 0 Å². The lowest BCUT2D eigenvalue weighted by molar-refractivity contribution is -0.143. The number of carboxylic acids is 1. The van der Waals surface area contributed by atoms with Crippen LogP contribution in [0.25, 0.3) is 0 Å². The van der Waals surface area contributed by atoms with E-state index in [0.717, 1.165) is 24.3 Å². The fraction of sp³-hybridized carbons (Fsp3) is 0.273. The van der Waals surface area contributed by atoms with Gasteiger partial charge in [0, 0.05) is 0 Å². The van der Waals surface area contributed by atoms with Crippen LogP contribution in [-0.2, 0) is 16.5 Å². The van der Waals surface area contributed by atoms with Crippen molar-refractivity contribution in [3.05, 3.63) is 35.4 Å². The highest BCUT2D eigenvalue weighted by Gasteiger charge is 2.46. The highest BCUT2D eigenvalue weighted by molar-refractivity contribution is 5.91. The molecule has 0 saturated carbocycles. The van der Waals surface area contributed by atoms with Crippen LogP contribution in [0, 0.1) is 0 Å². The first-order valence-electron chi connectivity index (χ1n) is 5.23. The summed E-state index contributed by atoms with van der Waals surface area (Å²) < 4.78 is 37.2. The first-order chi connectivity index (χ1) is 8.75. The predicted molar refractivity (Wildman–Crippen MR) is 57.3 cm³/mol. The molecule has 1 fully saturated rings. The van der Waals surface area contributed by atoms with Crippen LogP contribution < -0.4 is 10.6 Å². The van der Waals surface area contributed by atoms with Crippen LogP contribution in [0.3, 0.4) is 0 Å². The molecule has 0 radical (unpaired) electrons. The first kappa shape index (κ1) is 13.2. The number of hydrogen-bond acceptors (Lipinski definition) is 2. The van der Waals surface area contributed by atoms with E-state index in [1.807, 2.05) is 0 Å². The number of amides is 2. The van der Waals surface area contributed by atoms with Gasteiger partial charge in [0.15, 0.2) is 5.54 Å². The molecule has 102 valence electrons. The molecule has 0 aliphatic carbocycles. The zero-order chi connectivity index (χ0) is 14.3.